The summed E-state index contributed by atoms with van der Waals surface area (Å²) in [6.45, 7) is 8.30. The maximum atomic E-state index is 9.74. The van der Waals surface area contributed by atoms with Crippen molar-refractivity contribution in [2.24, 2.45) is 0 Å². The van der Waals surface area contributed by atoms with Crippen molar-refractivity contribution >= 4 is 0 Å². The third-order valence-corrected chi connectivity index (χ3v) is 3.57. The topological polar surface area (TPSA) is 68.4 Å². The molecule has 0 radical (unpaired) electrons. The molecule has 1 atom stereocenters. The zero-order valence-electron chi connectivity index (χ0n) is 12.3. The second kappa shape index (κ2) is 5.63. The lowest BCUT2D eigenvalue weighted by Crippen LogP contribution is -2.26. The molecule has 2 rings (SSSR count). The van der Waals surface area contributed by atoms with Gasteiger partial charge in [-0.2, -0.15) is 4.98 Å². The Bertz CT molecular complexity index is 595. The minimum absolute atomic E-state index is 0.213. The van der Waals surface area contributed by atoms with Gasteiger partial charge < -0.3 is 14.4 Å². The normalized spacial score (nSPS) is 14.2. The number of rotatable bonds is 5. The van der Waals surface area contributed by atoms with Gasteiger partial charge in [0, 0.05) is 17.7 Å². The van der Waals surface area contributed by atoms with Gasteiger partial charge in [0.2, 0.25) is 5.82 Å². The van der Waals surface area contributed by atoms with Crippen LogP contribution in [0.4, 0.5) is 0 Å². The summed E-state index contributed by atoms with van der Waals surface area (Å²) in [4.78, 5) is 4.43. The van der Waals surface area contributed by atoms with Gasteiger partial charge in [0.25, 0.3) is 5.89 Å². The summed E-state index contributed by atoms with van der Waals surface area (Å²) in [7, 11) is 0. The molecule has 0 spiro atoms. The van der Waals surface area contributed by atoms with Crippen molar-refractivity contribution in [3.63, 3.8) is 0 Å². The van der Waals surface area contributed by atoms with Crippen LogP contribution in [0.2, 0.25) is 0 Å². The van der Waals surface area contributed by atoms with Crippen molar-refractivity contribution in [3.05, 3.63) is 29.6 Å². The molecule has 1 heterocycles. The van der Waals surface area contributed by atoms with E-state index in [-0.39, 0.29) is 5.75 Å². The molecule has 5 heteroatoms. The van der Waals surface area contributed by atoms with E-state index in [1.165, 1.54) is 0 Å². The molecule has 0 aliphatic carbocycles. The molecular weight excluding hydrogens is 256 g/mol. The van der Waals surface area contributed by atoms with E-state index in [1.54, 1.807) is 12.1 Å². The number of phenols is 1. The third kappa shape index (κ3) is 2.54. The van der Waals surface area contributed by atoms with E-state index < -0.39 is 5.60 Å². The minimum atomic E-state index is -0.554. The van der Waals surface area contributed by atoms with E-state index in [0.29, 0.717) is 18.3 Å². The van der Waals surface area contributed by atoms with Crippen LogP contribution < -0.4 is 0 Å². The monoisotopic (exact) mass is 276 g/mol. The number of aromatic nitrogens is 2. The number of ether oxygens (including phenoxy) is 1. The zero-order valence-corrected chi connectivity index (χ0v) is 12.3. The van der Waals surface area contributed by atoms with Gasteiger partial charge >= 0.3 is 0 Å². The van der Waals surface area contributed by atoms with E-state index >= 15 is 0 Å². The molecule has 0 aliphatic heterocycles. The maximum absolute atomic E-state index is 9.74. The largest absolute Gasteiger partial charge is 0.508 e. The minimum Gasteiger partial charge on any atom is -0.508 e. The van der Waals surface area contributed by atoms with E-state index in [0.717, 1.165) is 17.5 Å². The number of hydrogen-bond acceptors (Lipinski definition) is 5. The molecule has 1 unspecified atom stereocenters. The van der Waals surface area contributed by atoms with Crippen molar-refractivity contribution in [3.8, 4) is 17.2 Å². The Morgan fingerprint density at radius 1 is 1.35 bits per heavy atom. The molecule has 0 aliphatic rings. The number of nitrogens with zero attached hydrogens (tertiary/aromatic N) is 2. The predicted molar refractivity (Wildman–Crippen MR) is 75.4 cm³/mol. The first kappa shape index (κ1) is 14.5. The van der Waals surface area contributed by atoms with Crippen LogP contribution in [-0.2, 0) is 10.3 Å². The number of hydrogen-bond donors (Lipinski definition) is 1. The van der Waals surface area contributed by atoms with Crippen LogP contribution in [-0.4, -0.2) is 21.9 Å². The first-order valence-electron chi connectivity index (χ1n) is 6.79. The summed E-state index contributed by atoms with van der Waals surface area (Å²) in [5.74, 6) is 1.14. The van der Waals surface area contributed by atoms with Crippen LogP contribution in [0.15, 0.2) is 22.7 Å². The van der Waals surface area contributed by atoms with Crippen LogP contribution in [0, 0.1) is 6.92 Å². The molecule has 0 saturated carbocycles. The maximum Gasteiger partial charge on any atom is 0.258 e. The molecule has 0 amide bonds. The summed E-state index contributed by atoms with van der Waals surface area (Å²) in [5, 5.41) is 13.8. The van der Waals surface area contributed by atoms with Gasteiger partial charge in [-0.1, -0.05) is 18.1 Å². The van der Waals surface area contributed by atoms with Crippen molar-refractivity contribution in [2.75, 3.05) is 6.61 Å². The Labute approximate surface area is 118 Å². The van der Waals surface area contributed by atoms with E-state index in [2.05, 4.69) is 10.1 Å². The third-order valence-electron chi connectivity index (χ3n) is 3.57. The van der Waals surface area contributed by atoms with Crippen molar-refractivity contribution in [1.29, 1.82) is 0 Å². The Morgan fingerprint density at radius 2 is 2.10 bits per heavy atom. The molecule has 1 aromatic heterocycles. The molecule has 1 aromatic carbocycles. The van der Waals surface area contributed by atoms with Crippen LogP contribution in [0.25, 0.3) is 11.5 Å². The van der Waals surface area contributed by atoms with E-state index in [9.17, 15) is 5.11 Å². The van der Waals surface area contributed by atoms with Gasteiger partial charge in [0.1, 0.15) is 11.4 Å². The molecular formula is C15H20N2O3. The highest BCUT2D eigenvalue weighted by molar-refractivity contribution is 5.61. The Kier molecular flexibility index (Phi) is 4.09. The Balaban J connectivity index is 2.40. The lowest BCUT2D eigenvalue weighted by atomic mass is 10.0. The standard InChI is InChI=1S/C15H20N2O3/c1-5-15(4,19-6-2)14-16-13(20-17-14)11-8-7-9-12(18)10(11)3/h7-9,18H,5-6H2,1-4H3. The van der Waals surface area contributed by atoms with Crippen LogP contribution in [0.1, 0.15) is 38.6 Å². The first-order chi connectivity index (χ1) is 9.51. The second-order valence-electron chi connectivity index (χ2n) is 4.89. The molecule has 2 aromatic rings. The molecule has 5 nitrogen and oxygen atoms in total. The van der Waals surface area contributed by atoms with Crippen molar-refractivity contribution in [2.45, 2.75) is 39.7 Å². The van der Waals surface area contributed by atoms with Crippen LogP contribution >= 0.6 is 0 Å². The molecule has 1 N–H and O–H groups in total. The highest BCUT2D eigenvalue weighted by Gasteiger charge is 2.31. The van der Waals surface area contributed by atoms with Gasteiger partial charge in [-0.3, -0.25) is 0 Å². The second-order valence-corrected chi connectivity index (χ2v) is 4.89. The molecule has 0 bridgehead atoms. The Morgan fingerprint density at radius 3 is 2.75 bits per heavy atom. The zero-order chi connectivity index (χ0) is 14.8. The SMILES string of the molecule is CCOC(C)(CC)c1noc(-c2cccc(O)c2C)n1. The molecule has 108 valence electrons. The van der Waals surface area contributed by atoms with Gasteiger partial charge in [-0.25, -0.2) is 0 Å². The summed E-state index contributed by atoms with van der Waals surface area (Å²) in [5.41, 5.74) is 0.900. The van der Waals surface area contributed by atoms with E-state index in [4.69, 9.17) is 9.26 Å². The van der Waals surface area contributed by atoms with Gasteiger partial charge in [0.05, 0.1) is 0 Å². The smallest absolute Gasteiger partial charge is 0.258 e. The quantitative estimate of drug-likeness (QED) is 0.906. The average molecular weight is 276 g/mol. The van der Waals surface area contributed by atoms with Gasteiger partial charge in [-0.05, 0) is 39.3 Å². The fraction of sp³-hybridized carbons (Fsp3) is 0.467. The van der Waals surface area contributed by atoms with E-state index in [1.807, 2.05) is 33.8 Å². The molecule has 0 saturated heterocycles. The summed E-state index contributed by atoms with van der Waals surface area (Å²) >= 11 is 0. The fourth-order valence-corrected chi connectivity index (χ4v) is 2.05. The lowest BCUT2D eigenvalue weighted by molar-refractivity contribution is -0.0403. The number of benzene rings is 1. The number of phenolic OH excluding ortho intramolecular Hbond substituents is 1. The lowest BCUT2D eigenvalue weighted by Gasteiger charge is -2.23. The van der Waals surface area contributed by atoms with Crippen molar-refractivity contribution in [1.82, 2.24) is 10.1 Å². The average Bonchev–Trinajstić information content (AvgIpc) is 2.92. The molecule has 20 heavy (non-hydrogen) atoms. The van der Waals surface area contributed by atoms with Crippen LogP contribution in [0.3, 0.4) is 0 Å². The molecule has 0 fully saturated rings. The van der Waals surface area contributed by atoms with Crippen molar-refractivity contribution < 1.29 is 14.4 Å². The van der Waals surface area contributed by atoms with Gasteiger partial charge in [0.15, 0.2) is 0 Å². The highest BCUT2D eigenvalue weighted by Crippen LogP contribution is 2.31. The highest BCUT2D eigenvalue weighted by atomic mass is 16.5. The van der Waals surface area contributed by atoms with Gasteiger partial charge in [-0.15, -0.1) is 0 Å². The predicted octanol–water partition coefficient (Wildman–Crippen LogP) is 3.41. The fourth-order valence-electron chi connectivity index (χ4n) is 2.05. The Hall–Kier alpha value is -1.88. The number of aromatic hydroxyl groups is 1. The first-order valence-corrected chi connectivity index (χ1v) is 6.79. The summed E-state index contributed by atoms with van der Waals surface area (Å²) < 4.78 is 11.1. The summed E-state index contributed by atoms with van der Waals surface area (Å²) in [6, 6.07) is 5.23. The summed E-state index contributed by atoms with van der Waals surface area (Å²) in [6.07, 6.45) is 0.749. The van der Waals surface area contributed by atoms with Crippen LogP contribution in [0.5, 0.6) is 5.75 Å².